The van der Waals surface area contributed by atoms with Gasteiger partial charge in [-0.15, -0.1) is 13.2 Å². The second-order valence-electron chi connectivity index (χ2n) is 2.09. The molecule has 1 aromatic rings. The first-order chi connectivity index (χ1) is 6.29. The van der Waals surface area contributed by atoms with E-state index in [1.54, 1.807) is 0 Å². The van der Waals surface area contributed by atoms with Crippen LogP contribution in [0.5, 0.6) is 5.88 Å². The standard InChI is InChI=1S/C6HF6NO/c7-2-1-3(14-6(10,11)12)13-5(9)4(2)8/h1H. The number of nitrogens with zero attached hydrogens (tertiary/aromatic N) is 1. The second-order valence-corrected chi connectivity index (χ2v) is 2.09. The topological polar surface area (TPSA) is 22.1 Å². The number of halogens is 6. The molecule has 0 spiro atoms. The molecule has 0 aliphatic rings. The number of pyridine rings is 1. The van der Waals surface area contributed by atoms with Crippen molar-refractivity contribution in [1.29, 1.82) is 0 Å². The number of rotatable bonds is 1. The van der Waals surface area contributed by atoms with Crippen molar-refractivity contribution in [2.75, 3.05) is 0 Å². The smallest absolute Gasteiger partial charge is 0.388 e. The van der Waals surface area contributed by atoms with Crippen LogP contribution in [0.4, 0.5) is 26.3 Å². The average molecular weight is 217 g/mol. The van der Waals surface area contributed by atoms with Gasteiger partial charge < -0.3 is 4.74 Å². The van der Waals surface area contributed by atoms with Gasteiger partial charge in [-0.2, -0.15) is 13.8 Å². The summed E-state index contributed by atoms with van der Waals surface area (Å²) in [7, 11) is 0. The largest absolute Gasteiger partial charge is 0.574 e. The van der Waals surface area contributed by atoms with Crippen molar-refractivity contribution < 1.29 is 31.1 Å². The summed E-state index contributed by atoms with van der Waals surface area (Å²) < 4.78 is 74.3. The molecule has 0 unspecified atom stereocenters. The number of hydrogen-bond donors (Lipinski definition) is 0. The fraction of sp³-hybridized carbons (Fsp3) is 0.167. The maximum Gasteiger partial charge on any atom is 0.574 e. The van der Waals surface area contributed by atoms with Gasteiger partial charge in [-0.25, -0.2) is 4.39 Å². The van der Waals surface area contributed by atoms with Crippen LogP contribution >= 0.6 is 0 Å². The van der Waals surface area contributed by atoms with Crippen LogP contribution in [0.25, 0.3) is 0 Å². The van der Waals surface area contributed by atoms with Crippen LogP contribution in [0.2, 0.25) is 0 Å². The number of ether oxygens (including phenoxy) is 1. The highest BCUT2D eigenvalue weighted by Gasteiger charge is 2.32. The highest BCUT2D eigenvalue weighted by Crippen LogP contribution is 2.22. The van der Waals surface area contributed by atoms with Crippen molar-refractivity contribution in [3.8, 4) is 5.88 Å². The Balaban J connectivity index is 3.02. The lowest BCUT2D eigenvalue weighted by Crippen LogP contribution is -2.18. The molecule has 1 rings (SSSR count). The summed E-state index contributed by atoms with van der Waals surface area (Å²) in [5, 5.41) is 0. The first-order valence-corrected chi connectivity index (χ1v) is 3.07. The average Bonchev–Trinajstić information content (AvgIpc) is 1.96. The Morgan fingerprint density at radius 3 is 2.14 bits per heavy atom. The summed E-state index contributed by atoms with van der Waals surface area (Å²) in [6, 6.07) is -0.00803. The Labute approximate surface area is 73.1 Å². The molecule has 0 saturated heterocycles. The van der Waals surface area contributed by atoms with Crippen LogP contribution in [0.15, 0.2) is 6.07 Å². The molecule has 0 aliphatic heterocycles. The highest BCUT2D eigenvalue weighted by atomic mass is 19.4. The molecular formula is C6HF6NO. The summed E-state index contributed by atoms with van der Waals surface area (Å²) >= 11 is 0. The minimum Gasteiger partial charge on any atom is -0.388 e. The molecule has 78 valence electrons. The zero-order chi connectivity index (χ0) is 10.9. The first kappa shape index (κ1) is 10.6. The Kier molecular flexibility index (Phi) is 2.54. The maximum atomic E-state index is 12.3. The third-order valence-electron chi connectivity index (χ3n) is 1.07. The van der Waals surface area contributed by atoms with Crippen LogP contribution in [0.1, 0.15) is 0 Å². The SMILES string of the molecule is Fc1cc(OC(F)(F)F)nc(F)c1F. The van der Waals surface area contributed by atoms with E-state index in [1.807, 2.05) is 0 Å². The van der Waals surface area contributed by atoms with E-state index in [4.69, 9.17) is 0 Å². The normalized spacial score (nSPS) is 11.6. The van der Waals surface area contributed by atoms with Crippen LogP contribution in [-0.2, 0) is 0 Å². The zero-order valence-electron chi connectivity index (χ0n) is 6.20. The Hall–Kier alpha value is -1.47. The van der Waals surface area contributed by atoms with Crippen LogP contribution in [0.3, 0.4) is 0 Å². The fourth-order valence-electron chi connectivity index (χ4n) is 0.619. The predicted molar refractivity (Wildman–Crippen MR) is 30.8 cm³/mol. The molecule has 1 heterocycles. The summed E-state index contributed by atoms with van der Waals surface area (Å²) in [5.74, 6) is -7.16. The van der Waals surface area contributed by atoms with E-state index in [0.717, 1.165) is 0 Å². The van der Waals surface area contributed by atoms with Gasteiger partial charge in [0.1, 0.15) is 0 Å². The lowest BCUT2D eigenvalue weighted by molar-refractivity contribution is -0.276. The van der Waals surface area contributed by atoms with Gasteiger partial charge in [0.05, 0.1) is 0 Å². The molecule has 0 atom stereocenters. The monoisotopic (exact) mass is 217 g/mol. The molecule has 0 fully saturated rings. The van der Waals surface area contributed by atoms with Gasteiger partial charge in [0.2, 0.25) is 11.7 Å². The van der Waals surface area contributed by atoms with Crippen molar-refractivity contribution in [3.63, 3.8) is 0 Å². The van der Waals surface area contributed by atoms with Gasteiger partial charge in [0, 0.05) is 6.07 Å². The summed E-state index contributed by atoms with van der Waals surface area (Å²) in [6.45, 7) is 0. The predicted octanol–water partition coefficient (Wildman–Crippen LogP) is 2.40. The quantitative estimate of drug-likeness (QED) is 0.532. The molecular weight excluding hydrogens is 216 g/mol. The second kappa shape index (κ2) is 3.35. The van der Waals surface area contributed by atoms with Crippen molar-refractivity contribution in [2.45, 2.75) is 6.36 Å². The Morgan fingerprint density at radius 1 is 1.14 bits per heavy atom. The molecule has 0 aliphatic carbocycles. The van der Waals surface area contributed by atoms with Crippen molar-refractivity contribution in [1.82, 2.24) is 4.98 Å². The number of hydrogen-bond acceptors (Lipinski definition) is 2. The van der Waals surface area contributed by atoms with E-state index >= 15 is 0 Å². The summed E-state index contributed by atoms with van der Waals surface area (Å²) in [4.78, 5) is 2.40. The molecule has 0 bridgehead atoms. The Morgan fingerprint density at radius 2 is 1.71 bits per heavy atom. The van der Waals surface area contributed by atoms with E-state index in [-0.39, 0.29) is 6.07 Å². The summed E-state index contributed by atoms with van der Waals surface area (Å²) in [6.07, 6.45) is -5.14. The van der Waals surface area contributed by atoms with Gasteiger partial charge in [-0.1, -0.05) is 0 Å². The van der Waals surface area contributed by atoms with Gasteiger partial charge in [0.15, 0.2) is 5.82 Å². The molecule has 0 amide bonds. The minimum atomic E-state index is -5.14. The number of aromatic nitrogens is 1. The van der Waals surface area contributed by atoms with Crippen LogP contribution in [-0.4, -0.2) is 11.3 Å². The molecule has 0 aromatic carbocycles. The van der Waals surface area contributed by atoms with Crippen LogP contribution in [0, 0.1) is 17.6 Å². The van der Waals surface area contributed by atoms with Crippen LogP contribution < -0.4 is 4.74 Å². The van der Waals surface area contributed by atoms with E-state index < -0.39 is 29.8 Å². The molecule has 8 heteroatoms. The van der Waals surface area contributed by atoms with E-state index in [1.165, 1.54) is 0 Å². The van der Waals surface area contributed by atoms with E-state index in [0.29, 0.717) is 0 Å². The minimum absolute atomic E-state index is 0.00803. The fourth-order valence-corrected chi connectivity index (χ4v) is 0.619. The highest BCUT2D eigenvalue weighted by molar-refractivity contribution is 5.14. The zero-order valence-corrected chi connectivity index (χ0v) is 6.20. The van der Waals surface area contributed by atoms with Gasteiger partial charge in [0.25, 0.3) is 5.95 Å². The van der Waals surface area contributed by atoms with Crippen molar-refractivity contribution in [3.05, 3.63) is 23.6 Å². The third-order valence-corrected chi connectivity index (χ3v) is 1.07. The maximum absolute atomic E-state index is 12.3. The van der Waals surface area contributed by atoms with Gasteiger partial charge >= 0.3 is 6.36 Å². The molecule has 0 radical (unpaired) electrons. The van der Waals surface area contributed by atoms with Crippen molar-refractivity contribution >= 4 is 0 Å². The third kappa shape index (κ3) is 2.51. The molecule has 0 saturated carbocycles. The molecule has 1 aromatic heterocycles. The Bertz CT molecular complexity index is 326. The lowest BCUT2D eigenvalue weighted by atomic mass is 10.4. The van der Waals surface area contributed by atoms with Gasteiger partial charge in [-0.3, -0.25) is 0 Å². The molecule has 2 nitrogen and oxygen atoms in total. The summed E-state index contributed by atoms with van der Waals surface area (Å²) in [5.41, 5.74) is 0. The van der Waals surface area contributed by atoms with E-state index in [9.17, 15) is 26.3 Å². The lowest BCUT2D eigenvalue weighted by Gasteiger charge is -2.07. The molecule has 0 N–H and O–H groups in total. The van der Waals surface area contributed by atoms with Gasteiger partial charge in [-0.05, 0) is 0 Å². The van der Waals surface area contributed by atoms with Crippen molar-refractivity contribution in [2.24, 2.45) is 0 Å². The number of alkyl halides is 3. The van der Waals surface area contributed by atoms with E-state index in [2.05, 4.69) is 9.72 Å². The first-order valence-electron chi connectivity index (χ1n) is 3.07. The molecule has 14 heavy (non-hydrogen) atoms.